The predicted octanol–water partition coefficient (Wildman–Crippen LogP) is 2.55. The first-order chi connectivity index (χ1) is 11.1. The van der Waals surface area contributed by atoms with Crippen LogP contribution in [-0.2, 0) is 19.2 Å². The molecule has 6 heteroatoms. The summed E-state index contributed by atoms with van der Waals surface area (Å²) in [6.07, 6.45) is 12.0. The standard InChI is InChI=1S/C9H13NO2.C8H11NO2/c1-9(6-11)4-2-8(3-5-9)10-7-12;10-5-7-1-3-8(4-2-7)9-6-11/h6,8H,2-5H2,1H3;5,7-8H,1-4H2. The van der Waals surface area contributed by atoms with Gasteiger partial charge < -0.3 is 9.59 Å². The molecule has 0 saturated heterocycles. The van der Waals surface area contributed by atoms with E-state index < -0.39 is 0 Å². The predicted molar refractivity (Wildman–Crippen MR) is 84.5 cm³/mol. The summed E-state index contributed by atoms with van der Waals surface area (Å²) in [5, 5.41) is 0. The summed E-state index contributed by atoms with van der Waals surface area (Å²) < 4.78 is 0. The van der Waals surface area contributed by atoms with Crippen LogP contribution < -0.4 is 0 Å². The van der Waals surface area contributed by atoms with Crippen LogP contribution >= 0.6 is 0 Å². The Kier molecular flexibility index (Phi) is 8.31. The van der Waals surface area contributed by atoms with Gasteiger partial charge in [0, 0.05) is 11.3 Å². The molecular formula is C17H24N2O4. The summed E-state index contributed by atoms with van der Waals surface area (Å²) in [5.74, 6) is 0.202. The van der Waals surface area contributed by atoms with Crippen LogP contribution in [0.2, 0.25) is 0 Å². The zero-order valence-electron chi connectivity index (χ0n) is 13.6. The van der Waals surface area contributed by atoms with Crippen LogP contribution in [0, 0.1) is 11.3 Å². The molecule has 2 fully saturated rings. The lowest BCUT2D eigenvalue weighted by Gasteiger charge is -2.30. The number of isocyanates is 2. The molecule has 0 amide bonds. The summed E-state index contributed by atoms with van der Waals surface area (Å²) in [6.45, 7) is 1.96. The third-order valence-electron chi connectivity index (χ3n) is 4.79. The van der Waals surface area contributed by atoms with Crippen LogP contribution in [-0.4, -0.2) is 36.8 Å². The molecule has 0 aliphatic heterocycles. The van der Waals surface area contributed by atoms with E-state index in [0.29, 0.717) is 0 Å². The number of carbonyl (C=O) groups is 2. The summed E-state index contributed by atoms with van der Waals surface area (Å²) in [5.41, 5.74) is -0.172. The molecular weight excluding hydrogens is 296 g/mol. The Morgan fingerprint density at radius 1 is 0.870 bits per heavy atom. The van der Waals surface area contributed by atoms with E-state index in [1.807, 2.05) is 6.92 Å². The monoisotopic (exact) mass is 320 g/mol. The molecule has 0 aromatic heterocycles. The highest BCUT2D eigenvalue weighted by Crippen LogP contribution is 2.34. The molecule has 0 N–H and O–H groups in total. The lowest BCUT2D eigenvalue weighted by molar-refractivity contribution is -0.117. The fourth-order valence-electron chi connectivity index (χ4n) is 3.02. The molecule has 0 spiro atoms. The van der Waals surface area contributed by atoms with Crippen LogP contribution in [0.5, 0.6) is 0 Å². The van der Waals surface area contributed by atoms with Crippen LogP contribution in [0.3, 0.4) is 0 Å². The fraction of sp³-hybridized carbons (Fsp3) is 0.765. The fourth-order valence-corrected chi connectivity index (χ4v) is 3.02. The van der Waals surface area contributed by atoms with Crippen molar-refractivity contribution in [2.75, 3.05) is 0 Å². The lowest BCUT2D eigenvalue weighted by Crippen LogP contribution is -2.27. The average Bonchev–Trinajstić information content (AvgIpc) is 2.59. The first-order valence-corrected chi connectivity index (χ1v) is 8.12. The molecule has 0 heterocycles. The number of nitrogens with zero attached hydrogens (tertiary/aromatic N) is 2. The maximum absolute atomic E-state index is 10.6. The Labute approximate surface area is 136 Å². The van der Waals surface area contributed by atoms with Gasteiger partial charge in [-0.1, -0.05) is 6.92 Å². The molecule has 0 bridgehead atoms. The topological polar surface area (TPSA) is 93.0 Å². The van der Waals surface area contributed by atoms with E-state index in [0.717, 1.165) is 63.9 Å². The number of aliphatic imine (C=N–C) groups is 2. The Hall–Kier alpha value is -1.90. The normalized spacial score (nSPS) is 33.0. The van der Waals surface area contributed by atoms with E-state index >= 15 is 0 Å². The highest BCUT2D eigenvalue weighted by atomic mass is 16.1. The van der Waals surface area contributed by atoms with Crippen LogP contribution in [0.4, 0.5) is 0 Å². The van der Waals surface area contributed by atoms with Crippen molar-refractivity contribution in [3.63, 3.8) is 0 Å². The van der Waals surface area contributed by atoms with Gasteiger partial charge in [-0.05, 0) is 51.4 Å². The second-order valence-corrected chi connectivity index (χ2v) is 6.65. The zero-order chi connectivity index (χ0) is 17.1. The first kappa shape index (κ1) is 19.1. The molecule has 2 rings (SSSR count). The summed E-state index contributed by atoms with van der Waals surface area (Å²) in [6, 6.07) is 0.235. The van der Waals surface area contributed by atoms with Gasteiger partial charge in [-0.2, -0.15) is 0 Å². The molecule has 126 valence electrons. The maximum atomic E-state index is 10.6. The van der Waals surface area contributed by atoms with Gasteiger partial charge in [0.25, 0.3) is 0 Å². The maximum Gasteiger partial charge on any atom is 0.235 e. The Balaban J connectivity index is 0.000000231. The SMILES string of the molecule is CC1(C=O)CCC(N=C=O)CC1.O=C=NC1CCC(C=O)CC1. The third kappa shape index (κ3) is 6.81. The number of hydrogen-bond donors (Lipinski definition) is 0. The molecule has 0 atom stereocenters. The summed E-state index contributed by atoms with van der Waals surface area (Å²) >= 11 is 0. The molecule has 6 nitrogen and oxygen atoms in total. The van der Waals surface area contributed by atoms with Gasteiger partial charge >= 0.3 is 0 Å². The van der Waals surface area contributed by atoms with Crippen LogP contribution in [0.25, 0.3) is 0 Å². The van der Waals surface area contributed by atoms with Gasteiger partial charge in [0.15, 0.2) is 0 Å². The van der Waals surface area contributed by atoms with Crippen molar-refractivity contribution in [3.05, 3.63) is 0 Å². The third-order valence-corrected chi connectivity index (χ3v) is 4.79. The number of hydrogen-bond acceptors (Lipinski definition) is 6. The molecule has 0 radical (unpaired) electrons. The van der Waals surface area contributed by atoms with Gasteiger partial charge in [0.1, 0.15) is 12.6 Å². The Morgan fingerprint density at radius 2 is 1.35 bits per heavy atom. The smallest absolute Gasteiger partial charge is 0.235 e. The van der Waals surface area contributed by atoms with Gasteiger partial charge in [0.2, 0.25) is 12.2 Å². The van der Waals surface area contributed by atoms with E-state index in [2.05, 4.69) is 9.98 Å². The van der Waals surface area contributed by atoms with Crippen molar-refractivity contribution >= 4 is 24.7 Å². The molecule has 0 unspecified atom stereocenters. The second-order valence-electron chi connectivity index (χ2n) is 6.65. The van der Waals surface area contributed by atoms with Crippen molar-refractivity contribution in [1.29, 1.82) is 0 Å². The number of rotatable bonds is 4. The molecule has 0 aromatic rings. The minimum Gasteiger partial charge on any atom is -0.303 e. The lowest BCUT2D eigenvalue weighted by atomic mass is 9.75. The van der Waals surface area contributed by atoms with Crippen molar-refractivity contribution in [2.24, 2.45) is 21.3 Å². The van der Waals surface area contributed by atoms with E-state index in [9.17, 15) is 19.2 Å². The quantitative estimate of drug-likeness (QED) is 0.452. The summed E-state index contributed by atoms with van der Waals surface area (Å²) in [4.78, 5) is 48.1. The van der Waals surface area contributed by atoms with Gasteiger partial charge in [-0.15, -0.1) is 0 Å². The largest absolute Gasteiger partial charge is 0.303 e. The van der Waals surface area contributed by atoms with Gasteiger partial charge in [0.05, 0.1) is 12.1 Å². The minimum atomic E-state index is -0.172. The molecule has 2 aliphatic carbocycles. The van der Waals surface area contributed by atoms with Gasteiger partial charge in [-0.3, -0.25) is 0 Å². The van der Waals surface area contributed by atoms with Crippen LogP contribution in [0.1, 0.15) is 58.3 Å². The highest BCUT2D eigenvalue weighted by molar-refractivity contribution is 5.58. The Bertz CT molecular complexity index is 477. The first-order valence-electron chi connectivity index (χ1n) is 8.12. The Morgan fingerprint density at radius 3 is 1.74 bits per heavy atom. The average molecular weight is 320 g/mol. The van der Waals surface area contributed by atoms with E-state index in [1.54, 1.807) is 12.2 Å². The van der Waals surface area contributed by atoms with E-state index in [1.165, 1.54) is 0 Å². The van der Waals surface area contributed by atoms with Gasteiger partial charge in [-0.25, -0.2) is 19.6 Å². The molecule has 2 aliphatic rings. The van der Waals surface area contributed by atoms with E-state index in [4.69, 9.17) is 0 Å². The number of aldehydes is 2. The van der Waals surface area contributed by atoms with Crippen molar-refractivity contribution < 1.29 is 19.2 Å². The minimum absolute atomic E-state index is 0.107. The zero-order valence-corrected chi connectivity index (χ0v) is 13.6. The van der Waals surface area contributed by atoms with Crippen molar-refractivity contribution in [2.45, 2.75) is 70.4 Å². The molecule has 0 aromatic carbocycles. The van der Waals surface area contributed by atoms with Crippen molar-refractivity contribution in [3.8, 4) is 0 Å². The summed E-state index contributed by atoms with van der Waals surface area (Å²) in [7, 11) is 0. The molecule has 2 saturated carbocycles. The van der Waals surface area contributed by atoms with Crippen LogP contribution in [0.15, 0.2) is 9.98 Å². The van der Waals surface area contributed by atoms with Crippen molar-refractivity contribution in [1.82, 2.24) is 0 Å². The molecule has 23 heavy (non-hydrogen) atoms. The highest BCUT2D eigenvalue weighted by Gasteiger charge is 2.30. The number of carbonyl (C=O) groups excluding carboxylic acids is 4. The van der Waals surface area contributed by atoms with E-state index in [-0.39, 0.29) is 23.4 Å². The second kappa shape index (κ2) is 9.98.